The van der Waals surface area contributed by atoms with Crippen LogP contribution in [0.4, 0.5) is 0 Å². The predicted octanol–water partition coefficient (Wildman–Crippen LogP) is -4.70. The Morgan fingerprint density at radius 3 is 1.17 bits per heavy atom. The minimum atomic E-state index is 0. The Morgan fingerprint density at radius 2 is 1.00 bits per heavy atom. The van der Waals surface area contributed by atoms with E-state index in [0.29, 0.717) is 0 Å². The molecule has 58 valence electrons. The van der Waals surface area contributed by atoms with Gasteiger partial charge in [0.1, 0.15) is 0 Å². The van der Waals surface area contributed by atoms with Crippen LogP contribution in [-0.4, -0.2) is 46.1 Å². The standard InChI is InChI=1S/C8H8.2BrH.2Mg/c1-7-5-3-4-6-8(7)2;;;;/h3-6H,1-2H2;2*1H;;/q-2;;;2*+2/p-2. The molecule has 0 saturated heterocycles. The van der Waals surface area contributed by atoms with Gasteiger partial charge in [-0.2, -0.15) is 0 Å². The molecule has 1 aromatic carbocycles. The van der Waals surface area contributed by atoms with E-state index in [-0.39, 0.29) is 80.1 Å². The molecule has 0 aliphatic rings. The fourth-order valence-electron chi connectivity index (χ4n) is 0.557. The molecule has 0 aromatic heterocycles. The first-order valence-corrected chi connectivity index (χ1v) is 2.53. The molecule has 0 nitrogen and oxygen atoms in total. The third-order valence-corrected chi connectivity index (χ3v) is 1.12. The molecule has 0 spiro atoms. The van der Waals surface area contributed by atoms with E-state index < -0.39 is 0 Å². The van der Waals surface area contributed by atoms with Crippen LogP contribution in [-0.2, 0) is 0 Å². The molecule has 0 N–H and O–H groups in total. The third-order valence-electron chi connectivity index (χ3n) is 1.12. The molecule has 0 radical (unpaired) electrons. The molecule has 0 fully saturated rings. The van der Waals surface area contributed by atoms with Gasteiger partial charge in [-0.3, -0.25) is 25.0 Å². The van der Waals surface area contributed by atoms with Crippen LogP contribution in [0, 0.1) is 13.8 Å². The topological polar surface area (TPSA) is 0 Å². The van der Waals surface area contributed by atoms with Gasteiger partial charge < -0.3 is 34.0 Å². The van der Waals surface area contributed by atoms with Crippen LogP contribution in [0.1, 0.15) is 11.1 Å². The van der Waals surface area contributed by atoms with Gasteiger partial charge in [0.15, 0.2) is 0 Å². The van der Waals surface area contributed by atoms with Crippen molar-refractivity contribution in [1.82, 2.24) is 0 Å². The molecule has 0 aliphatic heterocycles. The van der Waals surface area contributed by atoms with Gasteiger partial charge in [-0.15, -0.1) is 12.1 Å². The maximum Gasteiger partial charge on any atom is 2.00 e. The van der Waals surface area contributed by atoms with Crippen molar-refractivity contribution in [2.24, 2.45) is 0 Å². The number of hydrogen-bond donors (Lipinski definition) is 0. The fraction of sp³-hybridized carbons (Fsp3) is 0. The van der Waals surface area contributed by atoms with Crippen LogP contribution in [0.3, 0.4) is 0 Å². The second kappa shape index (κ2) is 12.5. The van der Waals surface area contributed by atoms with E-state index in [0.717, 1.165) is 11.1 Å². The molecule has 0 aliphatic carbocycles. The first-order chi connectivity index (χ1) is 3.80. The Morgan fingerprint density at radius 1 is 0.750 bits per heavy atom. The zero-order valence-corrected chi connectivity index (χ0v) is 12.9. The van der Waals surface area contributed by atoms with Gasteiger partial charge in [0.2, 0.25) is 0 Å². The Hall–Kier alpha value is 1.45. The molecule has 0 bridgehead atoms. The Kier molecular flexibility index (Phi) is 24.2. The van der Waals surface area contributed by atoms with E-state index in [2.05, 4.69) is 13.8 Å². The quantitative estimate of drug-likeness (QED) is 0.334. The Bertz CT molecular complexity index is 171. The molecular weight excluding hydrogens is 305 g/mol. The molecule has 12 heavy (non-hydrogen) atoms. The molecule has 4 heteroatoms. The summed E-state index contributed by atoms with van der Waals surface area (Å²) in [6.45, 7) is 7.52. The molecule has 0 amide bonds. The summed E-state index contributed by atoms with van der Waals surface area (Å²) in [5.74, 6) is 0. The zero-order valence-electron chi connectivity index (χ0n) is 6.89. The van der Waals surface area contributed by atoms with E-state index >= 15 is 0 Å². The summed E-state index contributed by atoms with van der Waals surface area (Å²) in [4.78, 5) is 0. The summed E-state index contributed by atoms with van der Waals surface area (Å²) in [6.07, 6.45) is 0. The van der Waals surface area contributed by atoms with Crippen LogP contribution in [0.2, 0.25) is 0 Å². The maximum absolute atomic E-state index is 3.76. The van der Waals surface area contributed by atoms with E-state index in [9.17, 15) is 0 Å². The van der Waals surface area contributed by atoms with Crippen LogP contribution < -0.4 is 34.0 Å². The number of benzene rings is 1. The summed E-state index contributed by atoms with van der Waals surface area (Å²) < 4.78 is 0. The number of rotatable bonds is 0. The minimum absolute atomic E-state index is 0. The largest absolute Gasteiger partial charge is 2.00 e. The first-order valence-electron chi connectivity index (χ1n) is 2.53. The van der Waals surface area contributed by atoms with Crippen molar-refractivity contribution in [3.63, 3.8) is 0 Å². The van der Waals surface area contributed by atoms with Crippen molar-refractivity contribution in [2.75, 3.05) is 0 Å². The molecular formula is C8H8Br2Mg2. The van der Waals surface area contributed by atoms with Gasteiger partial charge in [-0.25, -0.2) is 12.1 Å². The normalized spacial score (nSPS) is 6.00. The number of hydrogen-bond acceptors (Lipinski definition) is 0. The van der Waals surface area contributed by atoms with Crippen molar-refractivity contribution >= 4 is 46.1 Å². The second-order valence-electron chi connectivity index (χ2n) is 1.77. The van der Waals surface area contributed by atoms with Gasteiger partial charge in [-0.1, -0.05) is 0 Å². The van der Waals surface area contributed by atoms with Crippen molar-refractivity contribution in [2.45, 2.75) is 0 Å². The van der Waals surface area contributed by atoms with Crippen LogP contribution in [0.15, 0.2) is 24.3 Å². The van der Waals surface area contributed by atoms with Gasteiger partial charge in [-0.05, 0) is 0 Å². The van der Waals surface area contributed by atoms with Crippen molar-refractivity contribution < 1.29 is 34.0 Å². The van der Waals surface area contributed by atoms with Crippen LogP contribution >= 0.6 is 0 Å². The fourth-order valence-corrected chi connectivity index (χ4v) is 0.557. The van der Waals surface area contributed by atoms with Gasteiger partial charge in [0, 0.05) is 0 Å². The molecule has 1 rings (SSSR count). The molecule has 0 atom stereocenters. The summed E-state index contributed by atoms with van der Waals surface area (Å²) in [7, 11) is 0. The first kappa shape index (κ1) is 23.3. The average Bonchev–Trinajstić information content (AvgIpc) is 1.77. The summed E-state index contributed by atoms with van der Waals surface area (Å²) in [6, 6.07) is 7.80. The van der Waals surface area contributed by atoms with Gasteiger partial charge in [0.25, 0.3) is 0 Å². The maximum atomic E-state index is 3.76. The van der Waals surface area contributed by atoms with Crippen molar-refractivity contribution in [3.8, 4) is 0 Å². The average molecular weight is 313 g/mol. The SMILES string of the molecule is [Br-].[Br-].[CH2-]c1ccccc1[CH2-].[Mg+2].[Mg+2]. The third kappa shape index (κ3) is 8.07. The van der Waals surface area contributed by atoms with Gasteiger partial charge >= 0.3 is 46.1 Å². The smallest absolute Gasteiger partial charge is 1.00 e. The summed E-state index contributed by atoms with van der Waals surface area (Å²) in [5, 5.41) is 0. The van der Waals surface area contributed by atoms with Crippen LogP contribution in [0.25, 0.3) is 0 Å². The van der Waals surface area contributed by atoms with Crippen molar-refractivity contribution in [3.05, 3.63) is 49.2 Å². The molecule has 0 saturated carbocycles. The van der Waals surface area contributed by atoms with E-state index in [1.54, 1.807) is 0 Å². The summed E-state index contributed by atoms with van der Waals surface area (Å²) in [5.41, 5.74) is 2.01. The number of halogens is 2. The Balaban J connectivity index is -0.0000000800. The van der Waals surface area contributed by atoms with Gasteiger partial charge in [0.05, 0.1) is 0 Å². The van der Waals surface area contributed by atoms with Crippen molar-refractivity contribution in [1.29, 1.82) is 0 Å². The predicted molar refractivity (Wildman–Crippen MR) is 46.9 cm³/mol. The summed E-state index contributed by atoms with van der Waals surface area (Å²) >= 11 is 0. The zero-order chi connectivity index (χ0) is 5.98. The van der Waals surface area contributed by atoms with E-state index in [1.165, 1.54) is 0 Å². The Labute approximate surface area is 128 Å². The minimum Gasteiger partial charge on any atom is -1.00 e. The monoisotopic (exact) mass is 310 g/mol. The van der Waals surface area contributed by atoms with E-state index in [1.807, 2.05) is 24.3 Å². The van der Waals surface area contributed by atoms with Crippen LogP contribution in [0.5, 0.6) is 0 Å². The molecule has 0 heterocycles. The van der Waals surface area contributed by atoms with E-state index in [4.69, 9.17) is 0 Å². The molecule has 0 unspecified atom stereocenters. The second-order valence-corrected chi connectivity index (χ2v) is 1.77. The molecule has 1 aromatic rings.